The molecular weight excluding hydrogens is 242 g/mol. The summed E-state index contributed by atoms with van der Waals surface area (Å²) in [5.74, 6) is -0.810. The third kappa shape index (κ3) is 5.83. The fourth-order valence-electron chi connectivity index (χ4n) is 1.66. The lowest BCUT2D eigenvalue weighted by Crippen LogP contribution is -2.51. The molecule has 0 aromatic rings. The molecule has 0 bridgehead atoms. The average Bonchev–Trinajstić information content (AvgIpc) is 2.13. The molecule has 0 aliphatic carbocycles. The number of amides is 1. The molecule has 0 aliphatic rings. The van der Waals surface area contributed by atoms with Gasteiger partial charge in [0.05, 0.1) is 11.3 Å². The Labute approximate surface area is 103 Å². The Bertz CT molecular complexity index is 373. The zero-order valence-electron chi connectivity index (χ0n) is 10.6. The minimum Gasteiger partial charge on any atom is -0.333 e. The maximum absolute atomic E-state index is 11.7. The monoisotopic (exact) mass is 263 g/mol. The van der Waals surface area contributed by atoms with E-state index in [1.165, 1.54) is 4.90 Å². The molecule has 0 aromatic heterocycles. The van der Waals surface area contributed by atoms with E-state index in [2.05, 4.69) is 6.58 Å². The molecule has 0 heterocycles. The Morgan fingerprint density at radius 1 is 1.47 bits per heavy atom. The van der Waals surface area contributed by atoms with Crippen LogP contribution in [0.1, 0.15) is 33.6 Å². The molecule has 0 fully saturated rings. The maximum Gasteiger partial charge on any atom is 0.267 e. The Morgan fingerprint density at radius 3 is 2.35 bits per heavy atom. The van der Waals surface area contributed by atoms with Crippen LogP contribution >= 0.6 is 0 Å². The van der Waals surface area contributed by atoms with E-state index in [4.69, 9.17) is 4.55 Å². The van der Waals surface area contributed by atoms with E-state index in [0.29, 0.717) is 6.54 Å². The molecule has 0 aliphatic heterocycles. The number of carbonyl (C=O) groups is 1. The van der Waals surface area contributed by atoms with Crippen molar-refractivity contribution in [2.75, 3.05) is 12.3 Å². The number of hydrogen-bond acceptors (Lipinski definition) is 3. The lowest BCUT2D eigenvalue weighted by molar-refractivity contribution is -0.130. The van der Waals surface area contributed by atoms with Gasteiger partial charge in [0, 0.05) is 6.54 Å². The minimum absolute atomic E-state index is 0.327. The molecular formula is C11H21NO4S. The minimum atomic E-state index is -4.12. The van der Waals surface area contributed by atoms with Crippen LogP contribution in [-0.4, -0.2) is 41.6 Å². The van der Waals surface area contributed by atoms with Crippen molar-refractivity contribution in [1.29, 1.82) is 0 Å². The summed E-state index contributed by atoms with van der Waals surface area (Å²) in [5, 5.41) is 0. The highest BCUT2D eigenvalue weighted by atomic mass is 32.2. The SMILES string of the molecule is C=CC(=O)N(CCCC)C(C)(C)CS(=O)(=O)O. The summed E-state index contributed by atoms with van der Waals surface area (Å²) in [5.41, 5.74) is -0.950. The molecule has 0 spiro atoms. The third-order valence-corrected chi connectivity index (χ3v) is 3.51. The van der Waals surface area contributed by atoms with Crippen LogP contribution in [0.5, 0.6) is 0 Å². The molecule has 100 valence electrons. The van der Waals surface area contributed by atoms with Gasteiger partial charge in [0.15, 0.2) is 0 Å². The summed E-state index contributed by atoms with van der Waals surface area (Å²) < 4.78 is 30.7. The topological polar surface area (TPSA) is 74.7 Å². The molecule has 17 heavy (non-hydrogen) atoms. The second-order valence-electron chi connectivity index (χ2n) is 4.59. The summed E-state index contributed by atoms with van der Waals surface area (Å²) in [6.45, 7) is 9.04. The van der Waals surface area contributed by atoms with Gasteiger partial charge in [-0.05, 0) is 26.3 Å². The number of hydrogen-bond donors (Lipinski definition) is 1. The van der Waals surface area contributed by atoms with Crippen LogP contribution in [0.3, 0.4) is 0 Å². The highest BCUT2D eigenvalue weighted by molar-refractivity contribution is 7.85. The van der Waals surface area contributed by atoms with Gasteiger partial charge >= 0.3 is 0 Å². The number of unbranched alkanes of at least 4 members (excludes halogenated alkanes) is 1. The highest BCUT2D eigenvalue weighted by Crippen LogP contribution is 2.18. The molecule has 1 amide bonds. The quantitative estimate of drug-likeness (QED) is 0.557. The van der Waals surface area contributed by atoms with Crippen molar-refractivity contribution in [3.8, 4) is 0 Å². The van der Waals surface area contributed by atoms with Crippen LogP contribution < -0.4 is 0 Å². The Morgan fingerprint density at radius 2 is 2.00 bits per heavy atom. The molecule has 0 unspecified atom stereocenters. The van der Waals surface area contributed by atoms with Crippen LogP contribution in [0, 0.1) is 0 Å². The molecule has 5 nitrogen and oxygen atoms in total. The van der Waals surface area contributed by atoms with Gasteiger partial charge < -0.3 is 4.90 Å². The summed E-state index contributed by atoms with van der Waals surface area (Å²) in [7, 11) is -4.12. The standard InChI is InChI=1S/C11H21NO4S/c1-5-7-8-12(10(13)6-2)11(3,4)9-17(14,15)16/h6H,2,5,7-9H2,1,3-4H3,(H,14,15,16). The molecule has 0 atom stereocenters. The van der Waals surface area contributed by atoms with E-state index < -0.39 is 21.4 Å². The van der Waals surface area contributed by atoms with Gasteiger partial charge in [0.2, 0.25) is 5.91 Å². The van der Waals surface area contributed by atoms with Crippen molar-refractivity contribution in [1.82, 2.24) is 4.90 Å². The molecule has 6 heteroatoms. The lowest BCUT2D eigenvalue weighted by Gasteiger charge is -2.37. The van der Waals surface area contributed by atoms with Crippen molar-refractivity contribution in [2.45, 2.75) is 39.2 Å². The lowest BCUT2D eigenvalue weighted by atomic mass is 10.0. The fraction of sp³-hybridized carbons (Fsp3) is 0.727. The van der Waals surface area contributed by atoms with Gasteiger partial charge in [0.1, 0.15) is 0 Å². The van der Waals surface area contributed by atoms with Crippen LogP contribution in [0.15, 0.2) is 12.7 Å². The number of rotatable bonds is 7. The first-order valence-electron chi connectivity index (χ1n) is 5.53. The molecule has 0 radical (unpaired) electrons. The van der Waals surface area contributed by atoms with Gasteiger partial charge in [-0.2, -0.15) is 8.42 Å². The predicted octanol–water partition coefficient (Wildman–Crippen LogP) is 1.47. The fourth-order valence-corrected chi connectivity index (χ4v) is 2.71. The Balaban J connectivity index is 5.00. The van der Waals surface area contributed by atoms with E-state index >= 15 is 0 Å². The second kappa shape index (κ2) is 6.16. The van der Waals surface area contributed by atoms with Gasteiger partial charge in [-0.15, -0.1) is 0 Å². The van der Waals surface area contributed by atoms with Crippen molar-refractivity contribution >= 4 is 16.0 Å². The molecule has 0 saturated carbocycles. The van der Waals surface area contributed by atoms with E-state index in [-0.39, 0.29) is 5.91 Å². The van der Waals surface area contributed by atoms with Gasteiger partial charge in [0.25, 0.3) is 10.1 Å². The number of nitrogens with zero attached hydrogens (tertiary/aromatic N) is 1. The normalized spacial score (nSPS) is 12.2. The Hall–Kier alpha value is -0.880. The zero-order chi connectivity index (χ0) is 13.7. The van der Waals surface area contributed by atoms with Crippen LogP contribution in [0.2, 0.25) is 0 Å². The van der Waals surface area contributed by atoms with E-state index in [0.717, 1.165) is 18.9 Å². The van der Waals surface area contributed by atoms with Crippen molar-refractivity contribution < 1.29 is 17.8 Å². The first-order chi connectivity index (χ1) is 7.64. The third-order valence-electron chi connectivity index (χ3n) is 2.44. The zero-order valence-corrected chi connectivity index (χ0v) is 11.5. The van der Waals surface area contributed by atoms with Crippen LogP contribution in [0.25, 0.3) is 0 Å². The molecule has 0 rings (SSSR count). The van der Waals surface area contributed by atoms with Crippen molar-refractivity contribution in [3.63, 3.8) is 0 Å². The highest BCUT2D eigenvalue weighted by Gasteiger charge is 2.33. The smallest absolute Gasteiger partial charge is 0.267 e. The number of carbonyl (C=O) groups excluding carboxylic acids is 1. The molecule has 0 aromatic carbocycles. The first-order valence-corrected chi connectivity index (χ1v) is 7.14. The van der Waals surface area contributed by atoms with Gasteiger partial charge in [-0.3, -0.25) is 9.35 Å². The summed E-state index contributed by atoms with van der Waals surface area (Å²) >= 11 is 0. The van der Waals surface area contributed by atoms with Crippen LogP contribution in [0.4, 0.5) is 0 Å². The van der Waals surface area contributed by atoms with Crippen molar-refractivity contribution in [2.24, 2.45) is 0 Å². The summed E-state index contributed by atoms with van der Waals surface area (Å²) in [6, 6.07) is 0. The Kier molecular flexibility index (Phi) is 5.84. The van der Waals surface area contributed by atoms with E-state index in [9.17, 15) is 13.2 Å². The average molecular weight is 263 g/mol. The summed E-state index contributed by atoms with van der Waals surface area (Å²) in [4.78, 5) is 13.1. The first kappa shape index (κ1) is 16.1. The van der Waals surface area contributed by atoms with Gasteiger partial charge in [-0.1, -0.05) is 19.9 Å². The van der Waals surface area contributed by atoms with Crippen LogP contribution in [-0.2, 0) is 14.9 Å². The maximum atomic E-state index is 11.7. The summed E-state index contributed by atoms with van der Waals surface area (Å²) in [6.07, 6.45) is 2.82. The predicted molar refractivity (Wildman–Crippen MR) is 67.3 cm³/mol. The molecule has 0 saturated heterocycles. The second-order valence-corrected chi connectivity index (χ2v) is 6.04. The largest absolute Gasteiger partial charge is 0.333 e. The van der Waals surface area contributed by atoms with Crippen molar-refractivity contribution in [3.05, 3.63) is 12.7 Å². The van der Waals surface area contributed by atoms with E-state index in [1.54, 1.807) is 13.8 Å². The van der Waals surface area contributed by atoms with Gasteiger partial charge in [-0.25, -0.2) is 0 Å². The molecule has 1 N–H and O–H groups in total. The van der Waals surface area contributed by atoms with E-state index in [1.807, 2.05) is 6.92 Å².